The number of carbonyl (C=O) groups excluding carboxylic acids is 1. The van der Waals surface area contributed by atoms with E-state index in [1.807, 2.05) is 12.1 Å². The topological polar surface area (TPSA) is 38.3 Å². The second kappa shape index (κ2) is 4.73. The Morgan fingerprint density at radius 3 is 2.88 bits per heavy atom. The van der Waals surface area contributed by atoms with Gasteiger partial charge in [-0.25, -0.2) is 0 Å². The average Bonchev–Trinajstić information content (AvgIpc) is 2.95. The molecule has 1 aliphatic rings. The third kappa shape index (κ3) is 2.56. The minimum Gasteiger partial charge on any atom is -0.469 e. The minimum atomic E-state index is -0.254. The first-order valence-corrected chi connectivity index (χ1v) is 6.39. The van der Waals surface area contributed by atoms with E-state index in [2.05, 4.69) is 5.32 Å². The summed E-state index contributed by atoms with van der Waals surface area (Å²) < 4.78 is 5.58. The zero-order valence-electron chi connectivity index (χ0n) is 9.09. The fraction of sp³-hybridized carbons (Fsp3) is 0.545. The maximum Gasteiger partial charge on any atom is 0.313 e. The van der Waals surface area contributed by atoms with Crippen molar-refractivity contribution in [1.29, 1.82) is 0 Å². The molecular formula is C11H14ClNO2S. The van der Waals surface area contributed by atoms with Gasteiger partial charge in [-0.3, -0.25) is 4.79 Å². The van der Waals surface area contributed by atoms with E-state index in [4.69, 9.17) is 16.3 Å². The Balaban J connectivity index is 1.78. The largest absolute Gasteiger partial charge is 0.469 e. The van der Waals surface area contributed by atoms with Gasteiger partial charge in [0.2, 0.25) is 0 Å². The van der Waals surface area contributed by atoms with Crippen LogP contribution in [-0.2, 0) is 16.1 Å². The van der Waals surface area contributed by atoms with Crippen LogP contribution in [-0.4, -0.2) is 19.6 Å². The maximum atomic E-state index is 11.5. The molecule has 0 unspecified atom stereocenters. The Morgan fingerprint density at radius 1 is 1.62 bits per heavy atom. The van der Waals surface area contributed by atoms with Gasteiger partial charge in [0.15, 0.2) is 0 Å². The van der Waals surface area contributed by atoms with Crippen molar-refractivity contribution in [2.24, 2.45) is 5.41 Å². The van der Waals surface area contributed by atoms with Crippen LogP contribution >= 0.6 is 22.9 Å². The van der Waals surface area contributed by atoms with Gasteiger partial charge < -0.3 is 10.1 Å². The fourth-order valence-corrected chi connectivity index (χ4v) is 2.75. The number of nitrogens with one attached hydrogen (secondary N) is 1. The minimum absolute atomic E-state index is 0.0933. The molecule has 1 N–H and O–H groups in total. The molecule has 1 fully saturated rings. The standard InChI is InChI=1S/C11H14ClNO2S/c1-15-10(14)11(4-5-11)7-13-6-8-2-3-9(12)16-8/h2-3,13H,4-7H2,1H3. The molecule has 3 nitrogen and oxygen atoms in total. The third-order valence-corrected chi connectivity index (χ3v) is 4.09. The molecule has 88 valence electrons. The smallest absolute Gasteiger partial charge is 0.313 e. The molecule has 0 bridgehead atoms. The summed E-state index contributed by atoms with van der Waals surface area (Å²) in [5.41, 5.74) is -0.254. The molecule has 1 aliphatic carbocycles. The second-order valence-electron chi connectivity index (χ2n) is 4.08. The summed E-state index contributed by atoms with van der Waals surface area (Å²) in [6, 6.07) is 3.88. The summed E-state index contributed by atoms with van der Waals surface area (Å²) >= 11 is 7.39. The highest BCUT2D eigenvalue weighted by molar-refractivity contribution is 7.16. The molecule has 1 heterocycles. The number of rotatable bonds is 5. The zero-order chi connectivity index (χ0) is 11.6. The van der Waals surface area contributed by atoms with Gasteiger partial charge in [0.1, 0.15) is 0 Å². The van der Waals surface area contributed by atoms with Crippen LogP contribution in [0.4, 0.5) is 0 Å². The molecular weight excluding hydrogens is 246 g/mol. The molecule has 0 atom stereocenters. The highest BCUT2D eigenvalue weighted by Crippen LogP contribution is 2.46. The van der Waals surface area contributed by atoms with Gasteiger partial charge in [0.05, 0.1) is 16.9 Å². The summed E-state index contributed by atoms with van der Waals surface area (Å²) in [4.78, 5) is 12.6. The molecule has 0 aromatic carbocycles. The van der Waals surface area contributed by atoms with E-state index >= 15 is 0 Å². The fourth-order valence-electron chi connectivity index (χ4n) is 1.69. The van der Waals surface area contributed by atoms with Crippen LogP contribution in [0.2, 0.25) is 4.34 Å². The van der Waals surface area contributed by atoms with Crippen molar-refractivity contribution in [2.75, 3.05) is 13.7 Å². The first-order valence-electron chi connectivity index (χ1n) is 5.20. The highest BCUT2D eigenvalue weighted by atomic mass is 35.5. The summed E-state index contributed by atoms with van der Waals surface area (Å²) in [7, 11) is 1.45. The Kier molecular flexibility index (Phi) is 3.52. The molecule has 2 rings (SSSR count). The summed E-state index contributed by atoms with van der Waals surface area (Å²) in [6.45, 7) is 1.45. The third-order valence-electron chi connectivity index (χ3n) is 2.86. The van der Waals surface area contributed by atoms with Crippen molar-refractivity contribution in [3.63, 3.8) is 0 Å². The van der Waals surface area contributed by atoms with E-state index in [0.29, 0.717) is 6.54 Å². The van der Waals surface area contributed by atoms with Gasteiger partial charge in [0.25, 0.3) is 0 Å². The first kappa shape index (κ1) is 11.9. The molecule has 1 saturated carbocycles. The van der Waals surface area contributed by atoms with Crippen molar-refractivity contribution in [1.82, 2.24) is 5.32 Å². The van der Waals surface area contributed by atoms with E-state index < -0.39 is 0 Å². The Morgan fingerprint density at radius 2 is 2.38 bits per heavy atom. The number of methoxy groups -OCH3 is 1. The number of hydrogen-bond acceptors (Lipinski definition) is 4. The quantitative estimate of drug-likeness (QED) is 0.826. The van der Waals surface area contributed by atoms with Crippen LogP contribution in [0.15, 0.2) is 12.1 Å². The van der Waals surface area contributed by atoms with Gasteiger partial charge in [-0.15, -0.1) is 11.3 Å². The van der Waals surface area contributed by atoms with Crippen LogP contribution < -0.4 is 5.32 Å². The Hall–Kier alpha value is -0.580. The van der Waals surface area contributed by atoms with E-state index in [9.17, 15) is 4.79 Å². The van der Waals surface area contributed by atoms with Gasteiger partial charge in [-0.2, -0.15) is 0 Å². The van der Waals surface area contributed by atoms with Gasteiger partial charge in [-0.05, 0) is 25.0 Å². The zero-order valence-corrected chi connectivity index (χ0v) is 10.7. The van der Waals surface area contributed by atoms with E-state index in [1.165, 1.54) is 12.0 Å². The molecule has 0 amide bonds. The molecule has 1 aromatic heterocycles. The molecule has 0 spiro atoms. The lowest BCUT2D eigenvalue weighted by atomic mass is 10.1. The molecule has 5 heteroatoms. The lowest BCUT2D eigenvalue weighted by molar-refractivity contribution is -0.146. The van der Waals surface area contributed by atoms with Crippen molar-refractivity contribution >= 4 is 28.9 Å². The van der Waals surface area contributed by atoms with Gasteiger partial charge in [0, 0.05) is 18.0 Å². The van der Waals surface area contributed by atoms with Crippen LogP contribution in [0.3, 0.4) is 0 Å². The average molecular weight is 260 g/mol. The number of esters is 1. The van der Waals surface area contributed by atoms with Crippen molar-refractivity contribution in [3.8, 4) is 0 Å². The molecule has 1 aromatic rings. The van der Waals surface area contributed by atoms with Crippen LogP contribution in [0.1, 0.15) is 17.7 Å². The predicted octanol–water partition coefficient (Wildman–Crippen LogP) is 2.44. The number of ether oxygens (including phenoxy) is 1. The predicted molar refractivity (Wildman–Crippen MR) is 64.7 cm³/mol. The first-order chi connectivity index (χ1) is 7.66. The van der Waals surface area contributed by atoms with Gasteiger partial charge >= 0.3 is 5.97 Å². The Labute approximate surface area is 104 Å². The normalized spacial score (nSPS) is 17.1. The monoisotopic (exact) mass is 259 g/mol. The van der Waals surface area contributed by atoms with E-state index in [0.717, 1.165) is 23.7 Å². The van der Waals surface area contributed by atoms with E-state index in [-0.39, 0.29) is 11.4 Å². The van der Waals surface area contributed by atoms with Crippen LogP contribution in [0, 0.1) is 5.41 Å². The number of halogens is 1. The molecule has 0 aliphatic heterocycles. The summed E-state index contributed by atoms with van der Waals surface area (Å²) in [6.07, 6.45) is 1.86. The van der Waals surface area contributed by atoms with Crippen molar-refractivity contribution in [2.45, 2.75) is 19.4 Å². The van der Waals surface area contributed by atoms with E-state index in [1.54, 1.807) is 11.3 Å². The number of carbonyl (C=O) groups is 1. The van der Waals surface area contributed by atoms with Crippen molar-refractivity contribution in [3.05, 3.63) is 21.3 Å². The lowest BCUT2D eigenvalue weighted by Gasteiger charge is -2.12. The lowest BCUT2D eigenvalue weighted by Crippen LogP contribution is -2.30. The molecule has 0 saturated heterocycles. The number of hydrogen-bond donors (Lipinski definition) is 1. The summed E-state index contributed by atoms with van der Waals surface area (Å²) in [5, 5.41) is 3.28. The van der Waals surface area contributed by atoms with Gasteiger partial charge in [-0.1, -0.05) is 11.6 Å². The maximum absolute atomic E-state index is 11.5. The van der Waals surface area contributed by atoms with Crippen molar-refractivity contribution < 1.29 is 9.53 Å². The Bertz CT molecular complexity index is 387. The molecule has 16 heavy (non-hydrogen) atoms. The van der Waals surface area contributed by atoms with Crippen LogP contribution in [0.5, 0.6) is 0 Å². The highest BCUT2D eigenvalue weighted by Gasteiger charge is 2.50. The second-order valence-corrected chi connectivity index (χ2v) is 5.88. The summed E-state index contributed by atoms with van der Waals surface area (Å²) in [5.74, 6) is -0.0933. The molecule has 0 radical (unpaired) electrons. The number of thiophene rings is 1. The SMILES string of the molecule is COC(=O)C1(CNCc2ccc(Cl)s2)CC1. The van der Waals surface area contributed by atoms with Crippen LogP contribution in [0.25, 0.3) is 0 Å².